The summed E-state index contributed by atoms with van der Waals surface area (Å²) >= 11 is 1.65. The number of thiazole rings is 1. The average molecular weight is 357 g/mol. The molecule has 6 heteroatoms. The molecule has 1 N–H and O–H groups in total. The predicted octanol–water partition coefficient (Wildman–Crippen LogP) is 4.14. The molecule has 0 unspecified atom stereocenters. The molecule has 0 aliphatic carbocycles. The van der Waals surface area contributed by atoms with Crippen molar-refractivity contribution in [2.75, 3.05) is 7.11 Å². The Labute approximate surface area is 151 Å². The van der Waals surface area contributed by atoms with Crippen molar-refractivity contribution in [2.45, 2.75) is 33.2 Å². The van der Waals surface area contributed by atoms with E-state index in [0.29, 0.717) is 5.69 Å². The van der Waals surface area contributed by atoms with Crippen molar-refractivity contribution in [1.82, 2.24) is 14.9 Å². The largest absolute Gasteiger partial charge is 0.497 e. The van der Waals surface area contributed by atoms with E-state index in [1.54, 1.807) is 18.4 Å². The minimum Gasteiger partial charge on any atom is -0.497 e. The second-order valence-corrected chi connectivity index (χ2v) is 7.38. The number of hydrogen-bond acceptors (Lipinski definition) is 4. The highest BCUT2D eigenvalue weighted by Crippen LogP contribution is 2.27. The Morgan fingerprint density at radius 1 is 1.36 bits per heavy atom. The molecule has 1 amide bonds. The molecule has 2 heterocycles. The van der Waals surface area contributed by atoms with Gasteiger partial charge in [-0.2, -0.15) is 0 Å². The number of carbonyl (C=O) groups excluding carboxylic acids is 1. The number of fused-ring (bicyclic) bond motifs is 1. The molecule has 0 saturated heterocycles. The van der Waals surface area contributed by atoms with Crippen LogP contribution in [0.5, 0.6) is 5.75 Å². The van der Waals surface area contributed by atoms with E-state index in [9.17, 15) is 4.79 Å². The summed E-state index contributed by atoms with van der Waals surface area (Å²) in [7, 11) is 3.55. The third kappa shape index (κ3) is 3.26. The van der Waals surface area contributed by atoms with E-state index < -0.39 is 0 Å². The lowest BCUT2D eigenvalue weighted by Crippen LogP contribution is -2.29. The summed E-state index contributed by atoms with van der Waals surface area (Å²) in [6.07, 6.45) is 0.801. The first kappa shape index (κ1) is 17.5. The summed E-state index contributed by atoms with van der Waals surface area (Å²) in [5.41, 5.74) is 2.66. The second-order valence-electron chi connectivity index (χ2n) is 6.14. The number of methoxy groups -OCH3 is 1. The fourth-order valence-corrected chi connectivity index (χ4v) is 3.95. The van der Waals surface area contributed by atoms with Crippen molar-refractivity contribution in [1.29, 1.82) is 0 Å². The molecule has 1 atom stereocenters. The van der Waals surface area contributed by atoms with Gasteiger partial charge in [-0.1, -0.05) is 6.92 Å². The topological polar surface area (TPSA) is 56.1 Å². The Hall–Kier alpha value is -2.34. The number of aromatic nitrogens is 2. The van der Waals surface area contributed by atoms with Crippen LogP contribution in [-0.4, -0.2) is 22.6 Å². The maximum Gasteiger partial charge on any atom is 0.268 e. The van der Waals surface area contributed by atoms with Crippen molar-refractivity contribution in [3.8, 4) is 5.75 Å². The summed E-state index contributed by atoms with van der Waals surface area (Å²) in [5.74, 6) is 0.695. The van der Waals surface area contributed by atoms with Gasteiger partial charge in [0.2, 0.25) is 0 Å². The maximum absolute atomic E-state index is 12.8. The van der Waals surface area contributed by atoms with E-state index in [1.165, 1.54) is 4.88 Å². The van der Waals surface area contributed by atoms with Crippen LogP contribution in [0.15, 0.2) is 24.3 Å². The fraction of sp³-hybridized carbons (Fsp3) is 0.368. The number of hydrogen-bond donors (Lipinski definition) is 1. The number of amides is 1. The van der Waals surface area contributed by atoms with Crippen LogP contribution in [0.25, 0.3) is 10.9 Å². The zero-order valence-electron chi connectivity index (χ0n) is 15.2. The Bertz CT molecular complexity index is 907. The minimum atomic E-state index is -0.0879. The molecule has 2 aromatic heterocycles. The Kier molecular flexibility index (Phi) is 4.81. The number of nitrogens with zero attached hydrogens (tertiary/aromatic N) is 2. The van der Waals surface area contributed by atoms with Crippen molar-refractivity contribution >= 4 is 28.1 Å². The van der Waals surface area contributed by atoms with Crippen LogP contribution < -0.4 is 10.1 Å². The molecule has 25 heavy (non-hydrogen) atoms. The second kappa shape index (κ2) is 6.88. The number of benzene rings is 1. The molecule has 0 bridgehead atoms. The van der Waals surface area contributed by atoms with Crippen LogP contribution in [0.1, 0.15) is 45.5 Å². The van der Waals surface area contributed by atoms with E-state index in [2.05, 4.69) is 24.1 Å². The summed E-state index contributed by atoms with van der Waals surface area (Å²) < 4.78 is 7.18. The SMILES string of the molecule is CC[C@@H](NC(=O)c1cc2cc(OC)ccc2n1C)c1nc(C)c(C)s1. The molecule has 0 saturated carbocycles. The molecule has 3 rings (SSSR count). The molecule has 0 aliphatic rings. The van der Waals surface area contributed by atoms with Crippen LogP contribution in [0.3, 0.4) is 0 Å². The van der Waals surface area contributed by atoms with Gasteiger partial charge in [0.25, 0.3) is 5.91 Å². The highest BCUT2D eigenvalue weighted by molar-refractivity contribution is 7.11. The highest BCUT2D eigenvalue weighted by atomic mass is 32.1. The van der Waals surface area contributed by atoms with Gasteiger partial charge in [-0.05, 0) is 44.5 Å². The number of ether oxygens (including phenoxy) is 1. The number of carbonyl (C=O) groups is 1. The lowest BCUT2D eigenvalue weighted by atomic mass is 10.2. The lowest BCUT2D eigenvalue weighted by molar-refractivity contribution is 0.0927. The molecule has 132 valence electrons. The van der Waals surface area contributed by atoms with Crippen LogP contribution in [-0.2, 0) is 7.05 Å². The van der Waals surface area contributed by atoms with Gasteiger partial charge in [0.05, 0.1) is 18.8 Å². The maximum atomic E-state index is 12.8. The van der Waals surface area contributed by atoms with Crippen LogP contribution in [0.2, 0.25) is 0 Å². The zero-order chi connectivity index (χ0) is 18.1. The first-order valence-electron chi connectivity index (χ1n) is 8.32. The predicted molar refractivity (Wildman–Crippen MR) is 102 cm³/mol. The molecule has 0 spiro atoms. The van der Waals surface area contributed by atoms with E-state index >= 15 is 0 Å². The van der Waals surface area contributed by atoms with Crippen LogP contribution >= 0.6 is 11.3 Å². The Morgan fingerprint density at radius 3 is 2.72 bits per heavy atom. The van der Waals surface area contributed by atoms with E-state index in [1.807, 2.05) is 42.8 Å². The fourth-order valence-electron chi connectivity index (χ4n) is 2.89. The van der Waals surface area contributed by atoms with Crippen molar-refractivity contribution < 1.29 is 9.53 Å². The molecule has 0 aliphatic heterocycles. The normalized spacial score (nSPS) is 12.4. The molecular weight excluding hydrogens is 334 g/mol. The third-order valence-electron chi connectivity index (χ3n) is 4.54. The summed E-state index contributed by atoms with van der Waals surface area (Å²) in [5, 5.41) is 5.08. The zero-order valence-corrected chi connectivity index (χ0v) is 16.0. The lowest BCUT2D eigenvalue weighted by Gasteiger charge is -2.15. The third-order valence-corrected chi connectivity index (χ3v) is 5.73. The molecule has 0 fully saturated rings. The number of nitrogens with one attached hydrogen (secondary N) is 1. The van der Waals surface area contributed by atoms with Gasteiger partial charge < -0.3 is 14.6 Å². The van der Waals surface area contributed by atoms with E-state index in [0.717, 1.165) is 33.8 Å². The van der Waals surface area contributed by atoms with E-state index in [4.69, 9.17) is 4.74 Å². The number of rotatable bonds is 5. The van der Waals surface area contributed by atoms with Crippen molar-refractivity contribution in [3.63, 3.8) is 0 Å². The van der Waals surface area contributed by atoms with Gasteiger partial charge >= 0.3 is 0 Å². The van der Waals surface area contributed by atoms with Gasteiger partial charge in [0.1, 0.15) is 16.5 Å². The standard InChI is InChI=1S/C19H23N3O2S/c1-6-15(19-20-11(2)12(3)25-19)21-18(23)17-10-13-9-14(24-5)7-8-16(13)22(17)4/h7-10,15H,6H2,1-5H3,(H,21,23)/t15-/m1/s1. The van der Waals surface area contributed by atoms with E-state index in [-0.39, 0.29) is 11.9 Å². The average Bonchev–Trinajstić information content (AvgIpc) is 3.12. The highest BCUT2D eigenvalue weighted by Gasteiger charge is 2.20. The first-order chi connectivity index (χ1) is 11.9. The monoisotopic (exact) mass is 357 g/mol. The molecule has 1 aromatic carbocycles. The summed E-state index contributed by atoms with van der Waals surface area (Å²) in [6.45, 7) is 6.12. The summed E-state index contributed by atoms with van der Waals surface area (Å²) in [6, 6.07) is 7.64. The van der Waals surface area contributed by atoms with Crippen molar-refractivity contribution in [3.05, 3.63) is 45.5 Å². The van der Waals surface area contributed by atoms with Gasteiger partial charge in [-0.15, -0.1) is 11.3 Å². The smallest absolute Gasteiger partial charge is 0.268 e. The van der Waals surface area contributed by atoms with Crippen LogP contribution in [0, 0.1) is 13.8 Å². The van der Waals surface area contributed by atoms with Gasteiger partial charge in [0, 0.05) is 22.8 Å². The molecular formula is C19H23N3O2S. The van der Waals surface area contributed by atoms with Crippen LogP contribution in [0.4, 0.5) is 0 Å². The first-order valence-corrected chi connectivity index (χ1v) is 9.14. The Balaban J connectivity index is 1.89. The molecule has 5 nitrogen and oxygen atoms in total. The Morgan fingerprint density at radius 2 is 2.12 bits per heavy atom. The van der Waals surface area contributed by atoms with Gasteiger partial charge in [0.15, 0.2) is 0 Å². The minimum absolute atomic E-state index is 0.0718. The van der Waals surface area contributed by atoms with Gasteiger partial charge in [-0.25, -0.2) is 4.98 Å². The molecule has 0 radical (unpaired) electrons. The quantitative estimate of drug-likeness (QED) is 0.746. The van der Waals surface area contributed by atoms with Gasteiger partial charge in [-0.3, -0.25) is 4.79 Å². The van der Waals surface area contributed by atoms with Crippen molar-refractivity contribution in [2.24, 2.45) is 7.05 Å². The number of aryl methyl sites for hydroxylation is 3. The summed E-state index contributed by atoms with van der Waals surface area (Å²) in [4.78, 5) is 18.6. The molecule has 3 aromatic rings.